The molecule has 0 bridgehead atoms. The molecule has 33 heavy (non-hydrogen) atoms. The smallest absolute Gasteiger partial charge is 0.407 e. The first kappa shape index (κ1) is 26.1. The second kappa shape index (κ2) is 11.8. The van der Waals surface area contributed by atoms with Gasteiger partial charge in [-0.15, -0.1) is 24.0 Å². The van der Waals surface area contributed by atoms with Crippen molar-refractivity contribution in [2.75, 3.05) is 32.8 Å². The van der Waals surface area contributed by atoms with Gasteiger partial charge in [0.05, 0.1) is 18.9 Å². The van der Waals surface area contributed by atoms with Crippen LogP contribution >= 0.6 is 24.0 Å². The van der Waals surface area contributed by atoms with E-state index in [1.54, 1.807) is 6.26 Å². The van der Waals surface area contributed by atoms with Gasteiger partial charge in [-0.3, -0.25) is 4.99 Å². The molecule has 3 fully saturated rings. The molecule has 4 rings (SSSR count). The summed E-state index contributed by atoms with van der Waals surface area (Å²) in [5, 5.41) is 6.67. The SMILES string of the molecule is CC(C)(C)OC(=O)NC1CCC2CN(C(=NCC3CCCO3)NCCc3ccco3)CC21.I. The van der Waals surface area contributed by atoms with Crippen LogP contribution in [0.2, 0.25) is 0 Å². The van der Waals surface area contributed by atoms with Crippen molar-refractivity contribution in [1.82, 2.24) is 15.5 Å². The summed E-state index contributed by atoms with van der Waals surface area (Å²) in [6.45, 7) is 9.84. The Morgan fingerprint density at radius 1 is 1.27 bits per heavy atom. The second-order valence-corrected chi connectivity index (χ2v) is 10.2. The largest absolute Gasteiger partial charge is 0.469 e. The number of rotatable bonds is 6. The Morgan fingerprint density at radius 2 is 2.12 bits per heavy atom. The van der Waals surface area contributed by atoms with Crippen LogP contribution in [-0.2, 0) is 15.9 Å². The van der Waals surface area contributed by atoms with Crippen molar-refractivity contribution < 1.29 is 18.7 Å². The molecule has 9 heteroatoms. The predicted molar refractivity (Wildman–Crippen MR) is 138 cm³/mol. The van der Waals surface area contributed by atoms with Gasteiger partial charge >= 0.3 is 6.09 Å². The molecule has 1 saturated carbocycles. The van der Waals surface area contributed by atoms with E-state index in [4.69, 9.17) is 18.9 Å². The number of alkyl carbamates (subject to hydrolysis) is 1. The lowest BCUT2D eigenvalue weighted by Crippen LogP contribution is -2.45. The number of likely N-dealkylation sites (tertiary alicyclic amines) is 1. The average molecular weight is 575 g/mol. The number of nitrogens with one attached hydrogen (secondary N) is 2. The summed E-state index contributed by atoms with van der Waals surface area (Å²) in [6.07, 6.45) is 6.76. The molecule has 3 heterocycles. The van der Waals surface area contributed by atoms with Crippen molar-refractivity contribution in [3.8, 4) is 0 Å². The Hall–Kier alpha value is -1.49. The zero-order chi connectivity index (χ0) is 22.6. The summed E-state index contributed by atoms with van der Waals surface area (Å²) in [6, 6.07) is 4.07. The zero-order valence-corrected chi connectivity index (χ0v) is 22.4. The van der Waals surface area contributed by atoms with E-state index in [2.05, 4.69) is 15.5 Å². The molecular formula is C24H39IN4O4. The number of amides is 1. The maximum absolute atomic E-state index is 12.3. The van der Waals surface area contributed by atoms with Gasteiger partial charge in [0.15, 0.2) is 5.96 Å². The highest BCUT2D eigenvalue weighted by molar-refractivity contribution is 14.0. The van der Waals surface area contributed by atoms with Crippen LogP contribution in [0.25, 0.3) is 0 Å². The number of carbonyl (C=O) groups excluding carboxylic acids is 1. The lowest BCUT2D eigenvalue weighted by atomic mass is 9.98. The third kappa shape index (κ3) is 7.50. The third-order valence-corrected chi connectivity index (χ3v) is 6.56. The molecule has 1 aromatic rings. The molecule has 0 radical (unpaired) electrons. The normalized spacial score (nSPS) is 27.2. The number of hydrogen-bond donors (Lipinski definition) is 2. The van der Waals surface area contributed by atoms with Crippen LogP contribution in [0.3, 0.4) is 0 Å². The third-order valence-electron chi connectivity index (χ3n) is 6.56. The molecule has 4 atom stereocenters. The maximum atomic E-state index is 12.3. The fourth-order valence-electron chi connectivity index (χ4n) is 5.07. The molecule has 1 aliphatic carbocycles. The van der Waals surface area contributed by atoms with Gasteiger partial charge in [0.25, 0.3) is 0 Å². The molecule has 0 aromatic carbocycles. The van der Waals surface area contributed by atoms with E-state index in [-0.39, 0.29) is 42.2 Å². The number of furan rings is 1. The van der Waals surface area contributed by atoms with Crippen molar-refractivity contribution in [1.29, 1.82) is 0 Å². The Labute approximate surface area is 214 Å². The van der Waals surface area contributed by atoms with Gasteiger partial charge in [0.1, 0.15) is 11.4 Å². The Kier molecular flexibility index (Phi) is 9.32. The lowest BCUT2D eigenvalue weighted by molar-refractivity contribution is 0.0492. The minimum atomic E-state index is -0.482. The minimum absolute atomic E-state index is 0. The quantitative estimate of drug-likeness (QED) is 0.306. The van der Waals surface area contributed by atoms with Crippen LogP contribution in [0.1, 0.15) is 52.2 Å². The predicted octanol–water partition coefficient (Wildman–Crippen LogP) is 3.80. The fourth-order valence-corrected chi connectivity index (χ4v) is 5.07. The maximum Gasteiger partial charge on any atom is 0.407 e. The number of ether oxygens (including phenoxy) is 2. The van der Waals surface area contributed by atoms with Crippen LogP contribution in [0.4, 0.5) is 4.79 Å². The van der Waals surface area contributed by atoms with Crippen molar-refractivity contribution in [2.24, 2.45) is 16.8 Å². The number of aliphatic imine (C=N–C) groups is 1. The summed E-state index contributed by atoms with van der Waals surface area (Å²) in [5.74, 6) is 2.89. The molecule has 2 aliphatic heterocycles. The Bertz CT molecular complexity index is 774. The van der Waals surface area contributed by atoms with E-state index in [1.165, 1.54) is 0 Å². The first-order valence-corrected chi connectivity index (χ1v) is 12.0. The number of fused-ring (bicyclic) bond motifs is 1. The highest BCUT2D eigenvalue weighted by Crippen LogP contribution is 2.38. The molecule has 4 unspecified atom stereocenters. The summed E-state index contributed by atoms with van der Waals surface area (Å²) < 4.78 is 16.7. The Morgan fingerprint density at radius 3 is 2.82 bits per heavy atom. The van der Waals surface area contributed by atoms with E-state index < -0.39 is 5.60 Å². The topological polar surface area (TPSA) is 88.3 Å². The van der Waals surface area contributed by atoms with E-state index in [9.17, 15) is 4.79 Å². The monoisotopic (exact) mass is 574 g/mol. The Balaban J connectivity index is 0.00000306. The summed E-state index contributed by atoms with van der Waals surface area (Å²) in [5.41, 5.74) is -0.482. The number of hydrogen-bond acceptors (Lipinski definition) is 5. The number of carbonyl (C=O) groups is 1. The molecule has 0 spiro atoms. The molecule has 186 valence electrons. The zero-order valence-electron chi connectivity index (χ0n) is 20.0. The number of nitrogens with zero attached hydrogens (tertiary/aromatic N) is 2. The van der Waals surface area contributed by atoms with Gasteiger partial charge in [-0.1, -0.05) is 0 Å². The summed E-state index contributed by atoms with van der Waals surface area (Å²) in [7, 11) is 0. The molecular weight excluding hydrogens is 535 g/mol. The van der Waals surface area contributed by atoms with Gasteiger partial charge in [-0.2, -0.15) is 0 Å². The fraction of sp³-hybridized carbons (Fsp3) is 0.750. The van der Waals surface area contributed by atoms with Crippen LogP contribution < -0.4 is 10.6 Å². The standard InChI is InChI=1S/C24H38N4O4.HI/c1-24(2,3)32-23(29)27-21-9-8-17-15-28(16-20(17)21)22(26-14-19-7-5-13-31-19)25-11-10-18-6-4-12-30-18;/h4,6,12,17,19-21H,5,7-11,13-16H2,1-3H3,(H,25,26)(H,27,29);1H. The van der Waals surface area contributed by atoms with E-state index >= 15 is 0 Å². The number of halogens is 1. The first-order valence-electron chi connectivity index (χ1n) is 12.0. The minimum Gasteiger partial charge on any atom is -0.469 e. The van der Waals surface area contributed by atoms with Crippen molar-refractivity contribution in [3.05, 3.63) is 24.2 Å². The molecule has 2 N–H and O–H groups in total. The van der Waals surface area contributed by atoms with Gasteiger partial charge in [-0.25, -0.2) is 4.79 Å². The van der Waals surface area contributed by atoms with Gasteiger partial charge in [0.2, 0.25) is 0 Å². The van der Waals surface area contributed by atoms with Crippen LogP contribution in [0, 0.1) is 11.8 Å². The van der Waals surface area contributed by atoms with Crippen LogP contribution in [0.5, 0.6) is 0 Å². The van der Waals surface area contributed by atoms with Crippen molar-refractivity contribution in [3.63, 3.8) is 0 Å². The highest BCUT2D eigenvalue weighted by atomic mass is 127. The molecule has 1 amide bonds. The van der Waals surface area contributed by atoms with Crippen molar-refractivity contribution >= 4 is 36.0 Å². The van der Waals surface area contributed by atoms with E-state index in [0.29, 0.717) is 18.4 Å². The molecule has 2 saturated heterocycles. The summed E-state index contributed by atoms with van der Waals surface area (Å²) >= 11 is 0. The molecule has 1 aromatic heterocycles. The molecule has 3 aliphatic rings. The van der Waals surface area contributed by atoms with Gasteiger partial charge in [0, 0.05) is 44.6 Å². The van der Waals surface area contributed by atoms with E-state index in [1.807, 2.05) is 32.9 Å². The highest BCUT2D eigenvalue weighted by Gasteiger charge is 2.44. The van der Waals surface area contributed by atoms with Gasteiger partial charge < -0.3 is 29.4 Å². The summed E-state index contributed by atoms with van der Waals surface area (Å²) in [4.78, 5) is 19.6. The molecule has 8 nitrogen and oxygen atoms in total. The number of guanidine groups is 1. The average Bonchev–Trinajstić information content (AvgIpc) is 3.49. The van der Waals surface area contributed by atoms with Gasteiger partial charge in [-0.05, 0) is 64.5 Å². The van der Waals surface area contributed by atoms with Crippen LogP contribution in [-0.4, -0.2) is 67.5 Å². The van der Waals surface area contributed by atoms with E-state index in [0.717, 1.165) is 70.1 Å². The second-order valence-electron chi connectivity index (χ2n) is 10.2. The first-order chi connectivity index (χ1) is 15.4. The lowest BCUT2D eigenvalue weighted by Gasteiger charge is -2.26. The van der Waals surface area contributed by atoms with Crippen LogP contribution in [0.15, 0.2) is 27.8 Å². The van der Waals surface area contributed by atoms with Crippen molar-refractivity contribution in [2.45, 2.75) is 70.6 Å².